The average Bonchev–Trinajstić information content (AvgIpc) is 2.74. The van der Waals surface area contributed by atoms with E-state index < -0.39 is 0 Å². The number of para-hydroxylation sites is 1. The maximum absolute atomic E-state index is 4.74. The zero-order chi connectivity index (χ0) is 12.5. The van der Waals surface area contributed by atoms with E-state index >= 15 is 0 Å². The fourth-order valence-electron chi connectivity index (χ4n) is 3.18. The van der Waals surface area contributed by atoms with Gasteiger partial charge in [-0.2, -0.15) is 0 Å². The van der Waals surface area contributed by atoms with Crippen molar-refractivity contribution in [2.24, 2.45) is 0 Å². The fourth-order valence-corrected chi connectivity index (χ4v) is 3.80. The Hall–Kier alpha value is -0.830. The molecule has 0 aliphatic heterocycles. The number of hydrogen-bond donors (Lipinski definition) is 0. The van der Waals surface area contributed by atoms with Gasteiger partial charge in [-0.3, -0.25) is 0 Å². The molecule has 0 unspecified atom stereocenters. The summed E-state index contributed by atoms with van der Waals surface area (Å²) in [5, 5.41) is 0. The first-order valence-corrected chi connectivity index (χ1v) is 7.75. The molecule has 3 rings (SSSR count). The van der Waals surface area contributed by atoms with E-state index in [1.165, 1.54) is 48.7 Å². The van der Waals surface area contributed by atoms with Gasteiger partial charge in [0.1, 0.15) is 0 Å². The molecule has 1 aliphatic carbocycles. The molecule has 0 N–H and O–H groups in total. The number of aromatic nitrogens is 2. The number of rotatable bonds is 2. The quantitative estimate of drug-likeness (QED) is 0.774. The van der Waals surface area contributed by atoms with E-state index in [9.17, 15) is 0 Å². The van der Waals surface area contributed by atoms with Crippen LogP contribution in [0, 0.1) is 0 Å². The summed E-state index contributed by atoms with van der Waals surface area (Å²) in [6.07, 6.45) is 6.80. The number of nitrogens with zero attached hydrogens (tertiary/aromatic N) is 2. The smallest absolute Gasteiger partial charge is 0.178 e. The lowest BCUT2D eigenvalue weighted by Crippen LogP contribution is -2.05. The van der Waals surface area contributed by atoms with E-state index in [4.69, 9.17) is 4.98 Å². The molecule has 96 valence electrons. The zero-order valence-corrected chi connectivity index (χ0v) is 12.4. The standard InChI is InChI=1S/C15H19BrN2/c1-2-18-13-10-6-9-12(14(13)17-15(18)16)11-7-4-3-5-8-11/h6,9-11H,2-5,7-8H2,1H3. The van der Waals surface area contributed by atoms with Crippen molar-refractivity contribution in [3.05, 3.63) is 28.5 Å². The van der Waals surface area contributed by atoms with E-state index in [1.54, 1.807) is 0 Å². The van der Waals surface area contributed by atoms with Gasteiger partial charge >= 0.3 is 0 Å². The van der Waals surface area contributed by atoms with Gasteiger partial charge in [0.25, 0.3) is 0 Å². The van der Waals surface area contributed by atoms with Gasteiger partial charge in [0.2, 0.25) is 0 Å². The first-order chi connectivity index (χ1) is 8.81. The minimum absolute atomic E-state index is 0.717. The van der Waals surface area contributed by atoms with Crippen LogP contribution in [0.1, 0.15) is 50.5 Å². The molecule has 1 aromatic carbocycles. The van der Waals surface area contributed by atoms with Gasteiger partial charge in [0.15, 0.2) is 4.73 Å². The third-order valence-corrected chi connectivity index (χ3v) is 4.73. The number of halogens is 1. The maximum atomic E-state index is 4.74. The highest BCUT2D eigenvalue weighted by Crippen LogP contribution is 2.36. The topological polar surface area (TPSA) is 17.8 Å². The lowest BCUT2D eigenvalue weighted by molar-refractivity contribution is 0.445. The third kappa shape index (κ3) is 1.99. The lowest BCUT2D eigenvalue weighted by atomic mass is 9.83. The van der Waals surface area contributed by atoms with Crippen LogP contribution in [0.5, 0.6) is 0 Å². The Morgan fingerprint density at radius 1 is 1.28 bits per heavy atom. The van der Waals surface area contributed by atoms with E-state index in [0.29, 0.717) is 0 Å². The van der Waals surface area contributed by atoms with E-state index in [0.717, 1.165) is 17.2 Å². The van der Waals surface area contributed by atoms with Crippen LogP contribution in [0.2, 0.25) is 0 Å². The molecule has 0 bridgehead atoms. The van der Waals surface area contributed by atoms with Gasteiger partial charge in [0, 0.05) is 6.54 Å². The Balaban J connectivity index is 2.11. The van der Waals surface area contributed by atoms with E-state index in [1.807, 2.05) is 0 Å². The Morgan fingerprint density at radius 3 is 2.78 bits per heavy atom. The van der Waals surface area contributed by atoms with Crippen molar-refractivity contribution >= 4 is 27.0 Å². The molecule has 1 heterocycles. The van der Waals surface area contributed by atoms with Crippen molar-refractivity contribution in [1.82, 2.24) is 9.55 Å². The maximum Gasteiger partial charge on any atom is 0.178 e. The Labute approximate surface area is 117 Å². The van der Waals surface area contributed by atoms with Gasteiger partial charge in [-0.25, -0.2) is 4.98 Å². The van der Waals surface area contributed by atoms with Crippen LogP contribution in [0.3, 0.4) is 0 Å². The minimum atomic E-state index is 0.717. The SMILES string of the molecule is CCn1c(Br)nc2c(C3CCCCC3)cccc21. The average molecular weight is 307 g/mol. The van der Waals surface area contributed by atoms with Gasteiger partial charge in [-0.1, -0.05) is 31.4 Å². The predicted octanol–water partition coefficient (Wildman–Crippen LogP) is 4.87. The highest BCUT2D eigenvalue weighted by Gasteiger charge is 2.20. The van der Waals surface area contributed by atoms with Crippen molar-refractivity contribution in [1.29, 1.82) is 0 Å². The van der Waals surface area contributed by atoms with Crippen LogP contribution >= 0.6 is 15.9 Å². The molecule has 1 aliphatic rings. The summed E-state index contributed by atoms with van der Waals surface area (Å²) < 4.78 is 3.20. The summed E-state index contributed by atoms with van der Waals surface area (Å²) in [7, 11) is 0. The lowest BCUT2D eigenvalue weighted by Gasteiger charge is -2.22. The van der Waals surface area contributed by atoms with Crippen LogP contribution in [-0.2, 0) is 6.54 Å². The summed E-state index contributed by atoms with van der Waals surface area (Å²) in [5.74, 6) is 0.717. The third-order valence-electron chi connectivity index (χ3n) is 4.12. The van der Waals surface area contributed by atoms with Gasteiger partial charge in [-0.05, 0) is 53.2 Å². The van der Waals surface area contributed by atoms with Crippen molar-refractivity contribution in [2.45, 2.75) is 51.5 Å². The molecule has 3 heteroatoms. The molecule has 2 nitrogen and oxygen atoms in total. The summed E-state index contributed by atoms with van der Waals surface area (Å²) in [6, 6.07) is 6.65. The molecule has 2 aromatic rings. The molecule has 0 amide bonds. The number of benzene rings is 1. The first kappa shape index (κ1) is 12.2. The van der Waals surface area contributed by atoms with Crippen molar-refractivity contribution < 1.29 is 0 Å². The van der Waals surface area contributed by atoms with Gasteiger partial charge < -0.3 is 4.57 Å². The molecule has 0 saturated heterocycles. The normalized spacial score (nSPS) is 17.4. The zero-order valence-electron chi connectivity index (χ0n) is 10.8. The van der Waals surface area contributed by atoms with Crippen LogP contribution in [0.15, 0.2) is 22.9 Å². The summed E-state index contributed by atoms with van der Waals surface area (Å²) >= 11 is 3.58. The highest BCUT2D eigenvalue weighted by atomic mass is 79.9. The summed E-state index contributed by atoms with van der Waals surface area (Å²) in [5.41, 5.74) is 3.94. The molecule has 0 spiro atoms. The van der Waals surface area contributed by atoms with Crippen LogP contribution in [0.4, 0.5) is 0 Å². The monoisotopic (exact) mass is 306 g/mol. The van der Waals surface area contributed by atoms with Crippen LogP contribution in [-0.4, -0.2) is 9.55 Å². The number of hydrogen-bond acceptors (Lipinski definition) is 1. The molecule has 1 saturated carbocycles. The van der Waals surface area contributed by atoms with Crippen molar-refractivity contribution in [3.63, 3.8) is 0 Å². The van der Waals surface area contributed by atoms with Crippen LogP contribution < -0.4 is 0 Å². The van der Waals surface area contributed by atoms with E-state index in [-0.39, 0.29) is 0 Å². The molecule has 0 atom stereocenters. The molecule has 0 radical (unpaired) electrons. The minimum Gasteiger partial charge on any atom is -0.319 e. The number of aryl methyl sites for hydroxylation is 1. The Kier molecular flexibility index (Phi) is 3.42. The van der Waals surface area contributed by atoms with Crippen molar-refractivity contribution in [2.75, 3.05) is 0 Å². The molecule has 1 fully saturated rings. The van der Waals surface area contributed by atoms with Gasteiger partial charge in [0.05, 0.1) is 11.0 Å². The predicted molar refractivity (Wildman–Crippen MR) is 78.9 cm³/mol. The summed E-state index contributed by atoms with van der Waals surface area (Å²) in [4.78, 5) is 4.74. The fraction of sp³-hybridized carbons (Fsp3) is 0.533. The van der Waals surface area contributed by atoms with Crippen molar-refractivity contribution in [3.8, 4) is 0 Å². The second-order valence-corrected chi connectivity index (χ2v) is 5.88. The molecular formula is C15H19BrN2. The van der Waals surface area contributed by atoms with E-state index in [2.05, 4.69) is 45.6 Å². The highest BCUT2D eigenvalue weighted by molar-refractivity contribution is 9.10. The second kappa shape index (κ2) is 5.04. The Morgan fingerprint density at radius 2 is 2.06 bits per heavy atom. The second-order valence-electron chi connectivity index (χ2n) is 5.17. The van der Waals surface area contributed by atoms with Gasteiger partial charge in [-0.15, -0.1) is 0 Å². The Bertz CT molecular complexity index is 553. The first-order valence-electron chi connectivity index (χ1n) is 6.96. The van der Waals surface area contributed by atoms with Crippen LogP contribution in [0.25, 0.3) is 11.0 Å². The molecule has 18 heavy (non-hydrogen) atoms. The number of imidazole rings is 1. The molecule has 1 aromatic heterocycles. The number of fused-ring (bicyclic) bond motifs is 1. The largest absolute Gasteiger partial charge is 0.319 e. The summed E-state index contributed by atoms with van der Waals surface area (Å²) in [6.45, 7) is 3.13. The molecular weight excluding hydrogens is 288 g/mol.